The first-order valence-corrected chi connectivity index (χ1v) is 11.9. The summed E-state index contributed by atoms with van der Waals surface area (Å²) < 4.78 is 8.27. The van der Waals surface area contributed by atoms with Gasteiger partial charge in [-0.25, -0.2) is 0 Å². The maximum atomic E-state index is 5.96. The molecule has 0 unspecified atom stereocenters. The van der Waals surface area contributed by atoms with Crippen LogP contribution in [-0.2, 0) is 13.1 Å². The highest BCUT2D eigenvalue weighted by Gasteiger charge is 2.32. The molecule has 1 aromatic heterocycles. The summed E-state index contributed by atoms with van der Waals surface area (Å²) in [5, 5.41) is 5.25. The lowest BCUT2D eigenvalue weighted by atomic mass is 9.85. The van der Waals surface area contributed by atoms with Crippen LogP contribution in [0.15, 0.2) is 36.9 Å². The van der Waals surface area contributed by atoms with Gasteiger partial charge in [-0.15, -0.1) is 0 Å². The third kappa shape index (κ3) is 4.98. The Morgan fingerprint density at radius 2 is 1.97 bits per heavy atom. The molecular weight excluding hydrogens is 384 g/mol. The van der Waals surface area contributed by atoms with Crippen molar-refractivity contribution in [1.82, 2.24) is 14.7 Å². The van der Waals surface area contributed by atoms with Gasteiger partial charge in [0, 0.05) is 35.8 Å². The molecule has 0 radical (unpaired) electrons. The van der Waals surface area contributed by atoms with Gasteiger partial charge in [0.25, 0.3) is 0 Å². The molecule has 1 saturated carbocycles. The van der Waals surface area contributed by atoms with Crippen LogP contribution in [0.25, 0.3) is 0 Å². The Kier molecular flexibility index (Phi) is 7.01. The van der Waals surface area contributed by atoms with Crippen molar-refractivity contribution in [1.29, 1.82) is 0 Å². The van der Waals surface area contributed by atoms with Crippen molar-refractivity contribution in [2.45, 2.75) is 65.0 Å². The highest BCUT2D eigenvalue weighted by Crippen LogP contribution is 2.40. The van der Waals surface area contributed by atoms with Crippen LogP contribution in [0, 0.1) is 5.92 Å². The van der Waals surface area contributed by atoms with Crippen molar-refractivity contribution in [2.75, 3.05) is 31.8 Å². The first-order chi connectivity index (χ1) is 15.1. The molecule has 31 heavy (non-hydrogen) atoms. The Morgan fingerprint density at radius 1 is 1.19 bits per heavy atom. The Bertz CT molecular complexity index is 882. The summed E-state index contributed by atoms with van der Waals surface area (Å²) in [6.45, 7) is 12.6. The van der Waals surface area contributed by atoms with Gasteiger partial charge in [-0.2, -0.15) is 5.10 Å². The van der Waals surface area contributed by atoms with Gasteiger partial charge in [0.2, 0.25) is 0 Å². The average Bonchev–Trinajstić information content (AvgIpc) is 3.11. The van der Waals surface area contributed by atoms with E-state index in [1.54, 1.807) is 6.08 Å². The summed E-state index contributed by atoms with van der Waals surface area (Å²) in [5.41, 5.74) is 4.10. The monoisotopic (exact) mass is 422 g/mol. The van der Waals surface area contributed by atoms with Crippen LogP contribution in [0.1, 0.15) is 68.7 Å². The smallest absolute Gasteiger partial charge is 0.156 e. The Labute approximate surface area is 187 Å². The molecule has 5 heteroatoms. The second kappa shape index (κ2) is 9.90. The molecule has 0 amide bonds. The molecule has 0 bridgehead atoms. The van der Waals surface area contributed by atoms with E-state index < -0.39 is 0 Å². The highest BCUT2D eigenvalue weighted by molar-refractivity contribution is 5.53. The van der Waals surface area contributed by atoms with Crippen LogP contribution in [0.4, 0.5) is 5.82 Å². The molecule has 2 aromatic rings. The van der Waals surface area contributed by atoms with Gasteiger partial charge in [-0.3, -0.25) is 9.58 Å². The van der Waals surface area contributed by atoms with Crippen LogP contribution in [-0.4, -0.2) is 41.5 Å². The van der Waals surface area contributed by atoms with E-state index in [-0.39, 0.29) is 0 Å². The van der Waals surface area contributed by atoms with E-state index in [1.165, 1.54) is 54.7 Å². The summed E-state index contributed by atoms with van der Waals surface area (Å²) in [7, 11) is 2.23. The molecule has 2 aliphatic rings. The van der Waals surface area contributed by atoms with Crippen molar-refractivity contribution >= 4 is 5.82 Å². The number of aromatic nitrogens is 2. The number of ether oxygens (including phenoxy) is 1. The van der Waals surface area contributed by atoms with Gasteiger partial charge in [0.05, 0.1) is 13.2 Å². The molecule has 168 valence electrons. The number of para-hydroxylation sites is 1. The Balaban J connectivity index is 1.74. The molecule has 1 aromatic carbocycles. The van der Waals surface area contributed by atoms with E-state index in [4.69, 9.17) is 9.84 Å². The SMILES string of the molecule is C=CCOc1ccccc1Cn1nc2c(c1C1CCCCC1)CN(C)CN2CC(C)C. The van der Waals surface area contributed by atoms with Crippen molar-refractivity contribution in [3.63, 3.8) is 0 Å². The third-order valence-electron chi connectivity index (χ3n) is 6.44. The van der Waals surface area contributed by atoms with E-state index in [0.29, 0.717) is 18.4 Å². The fraction of sp³-hybridized carbons (Fsp3) is 0.577. The quantitative estimate of drug-likeness (QED) is 0.533. The summed E-state index contributed by atoms with van der Waals surface area (Å²) in [6, 6.07) is 8.36. The molecule has 5 nitrogen and oxygen atoms in total. The minimum Gasteiger partial charge on any atom is -0.489 e. The molecule has 0 spiro atoms. The number of nitrogens with zero attached hydrogens (tertiary/aromatic N) is 4. The first kappa shape index (κ1) is 21.9. The number of hydrogen-bond donors (Lipinski definition) is 0. The lowest BCUT2D eigenvalue weighted by Gasteiger charge is -2.35. The van der Waals surface area contributed by atoms with Gasteiger partial charge in [0.15, 0.2) is 5.82 Å². The lowest BCUT2D eigenvalue weighted by molar-refractivity contribution is 0.299. The van der Waals surface area contributed by atoms with Crippen molar-refractivity contribution in [3.8, 4) is 5.75 Å². The van der Waals surface area contributed by atoms with Gasteiger partial charge >= 0.3 is 0 Å². The Morgan fingerprint density at radius 3 is 2.71 bits per heavy atom. The summed E-state index contributed by atoms with van der Waals surface area (Å²) in [5.74, 6) is 3.35. The Hall–Kier alpha value is -2.27. The molecule has 1 aliphatic heterocycles. The fourth-order valence-electron chi connectivity index (χ4n) is 5.21. The van der Waals surface area contributed by atoms with E-state index in [2.05, 4.69) is 60.2 Å². The zero-order chi connectivity index (χ0) is 21.8. The average molecular weight is 423 g/mol. The third-order valence-corrected chi connectivity index (χ3v) is 6.44. The summed E-state index contributed by atoms with van der Waals surface area (Å²) >= 11 is 0. The van der Waals surface area contributed by atoms with Gasteiger partial charge in [-0.1, -0.05) is 64.0 Å². The van der Waals surface area contributed by atoms with E-state index in [0.717, 1.165) is 32.1 Å². The zero-order valence-electron chi connectivity index (χ0n) is 19.5. The fourth-order valence-corrected chi connectivity index (χ4v) is 5.21. The minimum absolute atomic E-state index is 0.523. The predicted molar refractivity (Wildman–Crippen MR) is 128 cm³/mol. The van der Waals surface area contributed by atoms with Crippen LogP contribution in [0.3, 0.4) is 0 Å². The number of fused-ring (bicyclic) bond motifs is 1. The first-order valence-electron chi connectivity index (χ1n) is 11.9. The predicted octanol–water partition coefficient (Wildman–Crippen LogP) is 5.41. The molecule has 1 fully saturated rings. The molecule has 0 N–H and O–H groups in total. The van der Waals surface area contributed by atoms with Crippen LogP contribution in [0.5, 0.6) is 5.75 Å². The normalized spacial score (nSPS) is 17.7. The maximum Gasteiger partial charge on any atom is 0.156 e. The highest BCUT2D eigenvalue weighted by atomic mass is 16.5. The van der Waals surface area contributed by atoms with Gasteiger partial charge in [0.1, 0.15) is 12.4 Å². The zero-order valence-corrected chi connectivity index (χ0v) is 19.5. The molecule has 0 atom stereocenters. The van der Waals surface area contributed by atoms with Gasteiger partial charge < -0.3 is 9.64 Å². The lowest BCUT2D eigenvalue weighted by Crippen LogP contribution is -2.42. The molecular formula is C26H38N4O. The van der Waals surface area contributed by atoms with E-state index in [1.807, 2.05) is 6.07 Å². The minimum atomic E-state index is 0.523. The summed E-state index contributed by atoms with van der Waals surface area (Å²) in [4.78, 5) is 4.91. The second-order valence-electron chi connectivity index (χ2n) is 9.66. The van der Waals surface area contributed by atoms with Crippen LogP contribution < -0.4 is 9.64 Å². The molecule has 2 heterocycles. The van der Waals surface area contributed by atoms with E-state index >= 15 is 0 Å². The number of benzene rings is 1. The molecule has 1 aliphatic carbocycles. The number of rotatable bonds is 8. The molecule has 0 saturated heterocycles. The standard InChI is InChI=1S/C26H38N4O/c1-5-15-31-24-14-10-9-13-22(24)17-30-25(21-11-7-6-8-12-21)23-18-28(4)19-29(16-20(2)3)26(23)27-30/h5,9-10,13-14,20-21H,1,6-8,11-12,15-19H2,2-4H3. The number of anilines is 1. The second-order valence-corrected chi connectivity index (χ2v) is 9.66. The maximum absolute atomic E-state index is 5.96. The van der Waals surface area contributed by atoms with Gasteiger partial charge in [-0.05, 0) is 31.9 Å². The van der Waals surface area contributed by atoms with Crippen LogP contribution in [0.2, 0.25) is 0 Å². The van der Waals surface area contributed by atoms with Crippen LogP contribution >= 0.6 is 0 Å². The van der Waals surface area contributed by atoms with E-state index in [9.17, 15) is 0 Å². The number of hydrogen-bond acceptors (Lipinski definition) is 4. The molecule has 4 rings (SSSR count). The van der Waals surface area contributed by atoms with Crippen molar-refractivity contribution in [3.05, 3.63) is 53.7 Å². The summed E-state index contributed by atoms with van der Waals surface area (Å²) in [6.07, 6.45) is 8.38. The van der Waals surface area contributed by atoms with Crippen molar-refractivity contribution in [2.24, 2.45) is 5.92 Å². The van der Waals surface area contributed by atoms with Crippen molar-refractivity contribution < 1.29 is 4.74 Å². The topological polar surface area (TPSA) is 33.5 Å². The largest absolute Gasteiger partial charge is 0.489 e.